The first-order valence-electron chi connectivity index (χ1n) is 13.0. The standard InChI is InChI=1S/C29H33Cl2N3O4S/c1-20(29(36)32-25-10-4-3-5-11-25)34(18-23-12-14-24(30)17-27(23)31)28(35)19-33(2)39(37,38)26-15-13-21-8-6-7-9-22(21)16-26/h6-9,12-17,20,25H,3-5,10-11,18-19H2,1-2H3,(H,32,36). The van der Waals surface area contributed by atoms with Gasteiger partial charge in [0.15, 0.2) is 0 Å². The Labute approximate surface area is 240 Å². The zero-order valence-corrected chi connectivity index (χ0v) is 24.4. The highest BCUT2D eigenvalue weighted by Crippen LogP contribution is 2.25. The van der Waals surface area contributed by atoms with Crippen LogP contribution in [0.4, 0.5) is 0 Å². The third kappa shape index (κ3) is 7.11. The second-order valence-corrected chi connectivity index (χ2v) is 12.9. The summed E-state index contributed by atoms with van der Waals surface area (Å²) in [5.41, 5.74) is 0.603. The van der Waals surface area contributed by atoms with Gasteiger partial charge in [0.05, 0.1) is 11.4 Å². The number of benzene rings is 3. The summed E-state index contributed by atoms with van der Waals surface area (Å²) in [6.07, 6.45) is 5.07. The van der Waals surface area contributed by atoms with Crippen molar-refractivity contribution in [2.45, 2.75) is 62.6 Å². The van der Waals surface area contributed by atoms with E-state index in [1.807, 2.05) is 24.3 Å². The fraction of sp³-hybridized carbons (Fsp3) is 0.379. The van der Waals surface area contributed by atoms with E-state index in [0.717, 1.165) is 47.2 Å². The molecule has 0 spiro atoms. The molecule has 2 amide bonds. The minimum absolute atomic E-state index is 0.0257. The van der Waals surface area contributed by atoms with Gasteiger partial charge in [-0.3, -0.25) is 9.59 Å². The molecule has 4 rings (SSSR count). The normalized spacial score (nSPS) is 15.3. The molecule has 0 radical (unpaired) electrons. The second-order valence-electron chi connectivity index (χ2n) is 10.0. The van der Waals surface area contributed by atoms with Crippen molar-refractivity contribution in [1.29, 1.82) is 0 Å². The van der Waals surface area contributed by atoms with Gasteiger partial charge < -0.3 is 10.2 Å². The lowest BCUT2D eigenvalue weighted by Crippen LogP contribution is -2.52. The van der Waals surface area contributed by atoms with Crippen molar-refractivity contribution in [2.24, 2.45) is 0 Å². The van der Waals surface area contributed by atoms with Gasteiger partial charge in [-0.05, 0) is 60.4 Å². The molecule has 1 N–H and O–H groups in total. The largest absolute Gasteiger partial charge is 0.352 e. The van der Waals surface area contributed by atoms with Crippen LogP contribution in [-0.4, -0.2) is 55.1 Å². The Morgan fingerprint density at radius 2 is 1.67 bits per heavy atom. The van der Waals surface area contributed by atoms with Crippen molar-refractivity contribution in [3.63, 3.8) is 0 Å². The molecule has 1 unspecified atom stereocenters. The molecule has 208 valence electrons. The van der Waals surface area contributed by atoms with Crippen LogP contribution in [0.25, 0.3) is 10.8 Å². The van der Waals surface area contributed by atoms with Crippen LogP contribution in [0, 0.1) is 0 Å². The predicted molar refractivity (Wildman–Crippen MR) is 155 cm³/mol. The topological polar surface area (TPSA) is 86.8 Å². The maximum absolute atomic E-state index is 13.6. The molecule has 1 fully saturated rings. The van der Waals surface area contributed by atoms with Crippen LogP contribution in [0.3, 0.4) is 0 Å². The summed E-state index contributed by atoms with van der Waals surface area (Å²) >= 11 is 12.4. The molecule has 0 aliphatic heterocycles. The lowest BCUT2D eigenvalue weighted by Gasteiger charge is -2.32. The number of hydrogen-bond donors (Lipinski definition) is 1. The zero-order valence-electron chi connectivity index (χ0n) is 22.1. The summed E-state index contributed by atoms with van der Waals surface area (Å²) in [6, 6.07) is 16.5. The first-order valence-corrected chi connectivity index (χ1v) is 15.2. The minimum Gasteiger partial charge on any atom is -0.352 e. The SMILES string of the molecule is CC(C(=O)NC1CCCCC1)N(Cc1ccc(Cl)cc1Cl)C(=O)CN(C)S(=O)(=O)c1ccc2ccccc2c1. The van der Waals surface area contributed by atoms with E-state index in [4.69, 9.17) is 23.2 Å². The molecule has 1 aliphatic rings. The first-order chi connectivity index (χ1) is 18.6. The van der Waals surface area contributed by atoms with E-state index in [1.165, 1.54) is 18.0 Å². The number of carbonyl (C=O) groups is 2. The number of hydrogen-bond acceptors (Lipinski definition) is 4. The summed E-state index contributed by atoms with van der Waals surface area (Å²) in [5, 5.41) is 5.58. The summed E-state index contributed by atoms with van der Waals surface area (Å²) in [4.78, 5) is 28.3. The lowest BCUT2D eigenvalue weighted by molar-refractivity contribution is -0.141. The first kappa shape index (κ1) is 29.3. The van der Waals surface area contributed by atoms with Gasteiger partial charge in [0.2, 0.25) is 21.8 Å². The van der Waals surface area contributed by atoms with Gasteiger partial charge in [-0.15, -0.1) is 0 Å². The summed E-state index contributed by atoms with van der Waals surface area (Å²) < 4.78 is 27.8. The molecule has 1 atom stereocenters. The number of amides is 2. The molecule has 7 nitrogen and oxygen atoms in total. The van der Waals surface area contributed by atoms with E-state index in [2.05, 4.69) is 5.32 Å². The van der Waals surface area contributed by atoms with Crippen LogP contribution in [0.2, 0.25) is 10.0 Å². The Bertz CT molecular complexity index is 1460. The number of nitrogens with zero attached hydrogens (tertiary/aromatic N) is 2. The molecule has 1 saturated carbocycles. The smallest absolute Gasteiger partial charge is 0.243 e. The summed E-state index contributed by atoms with van der Waals surface area (Å²) in [5.74, 6) is -0.792. The van der Waals surface area contributed by atoms with Gasteiger partial charge >= 0.3 is 0 Å². The molecule has 0 bridgehead atoms. The second kappa shape index (κ2) is 12.7. The van der Waals surface area contributed by atoms with Gasteiger partial charge in [0.1, 0.15) is 6.04 Å². The molecule has 1 aliphatic carbocycles. The lowest BCUT2D eigenvalue weighted by atomic mass is 9.95. The number of carbonyl (C=O) groups excluding carboxylic acids is 2. The van der Waals surface area contributed by atoms with E-state index < -0.39 is 28.5 Å². The molecule has 3 aromatic carbocycles. The van der Waals surface area contributed by atoms with Crippen LogP contribution in [0.5, 0.6) is 0 Å². The number of halogens is 2. The van der Waals surface area contributed by atoms with Crippen molar-refractivity contribution >= 4 is 55.8 Å². The Kier molecular flexibility index (Phi) is 9.54. The molecular formula is C29H33Cl2N3O4S. The Morgan fingerprint density at radius 3 is 2.36 bits per heavy atom. The molecule has 39 heavy (non-hydrogen) atoms. The van der Waals surface area contributed by atoms with Crippen molar-refractivity contribution in [3.8, 4) is 0 Å². The quantitative estimate of drug-likeness (QED) is 0.350. The van der Waals surface area contributed by atoms with E-state index in [-0.39, 0.29) is 23.4 Å². The van der Waals surface area contributed by atoms with Crippen LogP contribution >= 0.6 is 23.2 Å². The Balaban J connectivity index is 1.56. The van der Waals surface area contributed by atoms with Crippen LogP contribution < -0.4 is 5.32 Å². The van der Waals surface area contributed by atoms with Crippen LogP contribution in [0.1, 0.15) is 44.6 Å². The van der Waals surface area contributed by atoms with Gasteiger partial charge in [-0.25, -0.2) is 8.42 Å². The molecule has 0 saturated heterocycles. The number of likely N-dealkylation sites (N-methyl/N-ethyl adjacent to an activating group) is 1. The van der Waals surface area contributed by atoms with E-state index in [9.17, 15) is 18.0 Å². The average Bonchev–Trinajstić information content (AvgIpc) is 2.92. The third-order valence-electron chi connectivity index (χ3n) is 7.26. The minimum atomic E-state index is -3.97. The monoisotopic (exact) mass is 589 g/mol. The van der Waals surface area contributed by atoms with Crippen LogP contribution in [-0.2, 0) is 26.2 Å². The highest BCUT2D eigenvalue weighted by atomic mass is 35.5. The number of rotatable bonds is 9. The molecule has 10 heteroatoms. The van der Waals surface area contributed by atoms with Crippen molar-refractivity contribution < 1.29 is 18.0 Å². The number of sulfonamides is 1. The summed E-state index contributed by atoms with van der Waals surface area (Å²) in [7, 11) is -2.61. The highest BCUT2D eigenvalue weighted by Gasteiger charge is 2.31. The highest BCUT2D eigenvalue weighted by molar-refractivity contribution is 7.89. The van der Waals surface area contributed by atoms with Crippen molar-refractivity contribution in [2.75, 3.05) is 13.6 Å². The van der Waals surface area contributed by atoms with E-state index in [0.29, 0.717) is 15.6 Å². The fourth-order valence-electron chi connectivity index (χ4n) is 4.86. The molecule has 0 heterocycles. The van der Waals surface area contributed by atoms with E-state index in [1.54, 1.807) is 37.3 Å². The Hall–Kier alpha value is -2.65. The summed E-state index contributed by atoms with van der Waals surface area (Å²) in [6.45, 7) is 1.23. The molecule has 0 aromatic heterocycles. The predicted octanol–water partition coefficient (Wildman–Crippen LogP) is 5.63. The maximum Gasteiger partial charge on any atom is 0.243 e. The molecular weight excluding hydrogens is 557 g/mol. The number of fused-ring (bicyclic) bond motifs is 1. The average molecular weight is 591 g/mol. The van der Waals surface area contributed by atoms with Gasteiger partial charge in [0.25, 0.3) is 0 Å². The fourth-order valence-corrected chi connectivity index (χ4v) is 6.48. The van der Waals surface area contributed by atoms with Gasteiger partial charge in [0, 0.05) is 29.7 Å². The third-order valence-corrected chi connectivity index (χ3v) is 9.65. The maximum atomic E-state index is 13.6. The number of nitrogens with one attached hydrogen (secondary N) is 1. The zero-order chi connectivity index (χ0) is 28.2. The Morgan fingerprint density at radius 1 is 0.974 bits per heavy atom. The van der Waals surface area contributed by atoms with Crippen molar-refractivity contribution in [3.05, 3.63) is 76.3 Å². The molecule has 3 aromatic rings. The van der Waals surface area contributed by atoms with Crippen molar-refractivity contribution in [1.82, 2.24) is 14.5 Å². The van der Waals surface area contributed by atoms with Crippen LogP contribution in [0.15, 0.2) is 65.6 Å². The van der Waals surface area contributed by atoms with Gasteiger partial charge in [-0.1, -0.05) is 78.9 Å². The van der Waals surface area contributed by atoms with Gasteiger partial charge in [-0.2, -0.15) is 4.31 Å². The van der Waals surface area contributed by atoms with E-state index >= 15 is 0 Å².